The van der Waals surface area contributed by atoms with Gasteiger partial charge in [0.25, 0.3) is 0 Å². The lowest BCUT2D eigenvalue weighted by molar-refractivity contribution is 0.148. The minimum Gasteiger partial charge on any atom is -0.497 e. The minimum absolute atomic E-state index is 0.761. The van der Waals surface area contributed by atoms with Gasteiger partial charge in [-0.15, -0.1) is 0 Å². The summed E-state index contributed by atoms with van der Waals surface area (Å²) in [5.41, 5.74) is 3.91. The zero-order valence-corrected chi connectivity index (χ0v) is 18.5. The Hall–Kier alpha value is -2.57. The molecule has 0 atom stereocenters. The van der Waals surface area contributed by atoms with Gasteiger partial charge in [-0.2, -0.15) is 0 Å². The van der Waals surface area contributed by atoms with Gasteiger partial charge in [0.1, 0.15) is 5.75 Å². The van der Waals surface area contributed by atoms with Crippen molar-refractivity contribution in [1.29, 1.82) is 0 Å². The Balaban J connectivity index is 1.38. The molecule has 0 spiro atoms. The molecule has 2 N–H and O–H groups in total. The van der Waals surface area contributed by atoms with Gasteiger partial charge in [-0.1, -0.05) is 36.4 Å². The number of ether oxygens (including phenoxy) is 1. The fourth-order valence-electron chi connectivity index (χ4n) is 3.55. The molecular formula is C24H35N5O. The third kappa shape index (κ3) is 7.04. The van der Waals surface area contributed by atoms with Crippen molar-refractivity contribution in [1.82, 2.24) is 20.4 Å². The van der Waals surface area contributed by atoms with E-state index in [2.05, 4.69) is 68.9 Å². The second-order valence-electron chi connectivity index (χ2n) is 7.85. The van der Waals surface area contributed by atoms with E-state index in [9.17, 15) is 0 Å². The highest BCUT2D eigenvalue weighted by atomic mass is 16.5. The fraction of sp³-hybridized carbons (Fsp3) is 0.458. The van der Waals surface area contributed by atoms with Crippen molar-refractivity contribution >= 4 is 5.96 Å². The lowest BCUT2D eigenvalue weighted by Crippen LogP contribution is -2.43. The average Bonchev–Trinajstić information content (AvgIpc) is 2.79. The lowest BCUT2D eigenvalue weighted by atomic mass is 10.1. The number of hydrogen-bond donors (Lipinski definition) is 2. The van der Waals surface area contributed by atoms with E-state index < -0.39 is 0 Å². The highest BCUT2D eigenvalue weighted by molar-refractivity contribution is 5.79. The highest BCUT2D eigenvalue weighted by Crippen LogP contribution is 2.11. The van der Waals surface area contributed by atoms with E-state index in [4.69, 9.17) is 4.74 Å². The summed E-state index contributed by atoms with van der Waals surface area (Å²) in [6.07, 6.45) is 0.936. The maximum atomic E-state index is 5.20. The maximum absolute atomic E-state index is 5.20. The first-order valence-corrected chi connectivity index (χ1v) is 10.7. The van der Waals surface area contributed by atoms with E-state index in [1.54, 1.807) is 7.11 Å². The van der Waals surface area contributed by atoms with E-state index >= 15 is 0 Å². The zero-order valence-electron chi connectivity index (χ0n) is 18.5. The molecule has 2 aromatic carbocycles. The largest absolute Gasteiger partial charge is 0.497 e. The number of nitrogens with zero attached hydrogens (tertiary/aromatic N) is 3. The van der Waals surface area contributed by atoms with E-state index in [0.717, 1.165) is 63.9 Å². The summed E-state index contributed by atoms with van der Waals surface area (Å²) in [7, 11) is 5.69. The molecule has 0 aromatic heterocycles. The number of nitrogens with one attached hydrogen (secondary N) is 2. The van der Waals surface area contributed by atoms with Crippen LogP contribution in [0.15, 0.2) is 53.5 Å². The summed E-state index contributed by atoms with van der Waals surface area (Å²) in [5, 5.41) is 6.78. The van der Waals surface area contributed by atoms with Gasteiger partial charge >= 0.3 is 0 Å². The Kier molecular flexibility index (Phi) is 8.53. The Morgan fingerprint density at radius 2 is 1.53 bits per heavy atom. The number of rotatable bonds is 8. The summed E-state index contributed by atoms with van der Waals surface area (Å²) in [4.78, 5) is 9.25. The van der Waals surface area contributed by atoms with E-state index in [1.165, 1.54) is 16.7 Å². The van der Waals surface area contributed by atoms with Gasteiger partial charge in [0.05, 0.1) is 7.11 Å². The molecule has 0 bridgehead atoms. The van der Waals surface area contributed by atoms with Crippen molar-refractivity contribution in [3.8, 4) is 5.75 Å². The number of benzene rings is 2. The standard InChI is InChI=1S/C24H35N5O/c1-25-24(26-13-12-20-8-10-23(30-3)11-9-20)27-18-21-4-6-22(7-5-21)19-29-16-14-28(2)15-17-29/h4-11H,12-19H2,1-3H3,(H2,25,26,27). The number of piperazine rings is 1. The molecule has 1 fully saturated rings. The second-order valence-corrected chi connectivity index (χ2v) is 7.85. The molecule has 30 heavy (non-hydrogen) atoms. The van der Waals surface area contributed by atoms with E-state index in [1.807, 2.05) is 19.2 Å². The normalized spacial score (nSPS) is 15.8. The molecule has 1 aliphatic heterocycles. The maximum Gasteiger partial charge on any atom is 0.191 e. The first-order valence-electron chi connectivity index (χ1n) is 10.7. The van der Waals surface area contributed by atoms with Crippen LogP contribution >= 0.6 is 0 Å². The van der Waals surface area contributed by atoms with Gasteiger partial charge in [0.2, 0.25) is 0 Å². The predicted molar refractivity (Wildman–Crippen MR) is 124 cm³/mol. The summed E-state index contributed by atoms with van der Waals surface area (Å²) >= 11 is 0. The second kappa shape index (κ2) is 11.6. The number of likely N-dealkylation sites (N-methyl/N-ethyl adjacent to an activating group) is 1. The summed E-state index contributed by atoms with van der Waals surface area (Å²) in [6, 6.07) is 17.1. The van der Waals surface area contributed by atoms with Crippen molar-refractivity contribution in [2.24, 2.45) is 4.99 Å². The Morgan fingerprint density at radius 3 is 2.17 bits per heavy atom. The quantitative estimate of drug-likeness (QED) is 0.518. The van der Waals surface area contributed by atoms with Crippen LogP contribution in [0.25, 0.3) is 0 Å². The summed E-state index contributed by atoms with van der Waals surface area (Å²) in [6.45, 7) is 7.25. The number of hydrogen-bond acceptors (Lipinski definition) is 4. The van der Waals surface area contributed by atoms with Crippen LogP contribution in [0.4, 0.5) is 0 Å². The van der Waals surface area contributed by atoms with Crippen LogP contribution in [0.2, 0.25) is 0 Å². The fourth-order valence-corrected chi connectivity index (χ4v) is 3.55. The molecule has 162 valence electrons. The first kappa shape index (κ1) is 22.1. The molecule has 1 aliphatic rings. The van der Waals surface area contributed by atoms with Crippen LogP contribution in [-0.4, -0.2) is 69.7 Å². The molecule has 0 aliphatic carbocycles. The van der Waals surface area contributed by atoms with Crippen molar-refractivity contribution in [3.05, 3.63) is 65.2 Å². The molecule has 1 saturated heterocycles. The summed E-state index contributed by atoms with van der Waals surface area (Å²) in [5.74, 6) is 1.71. The van der Waals surface area contributed by atoms with Crippen molar-refractivity contribution < 1.29 is 4.74 Å². The Bertz CT molecular complexity index is 780. The Labute approximate surface area is 180 Å². The summed E-state index contributed by atoms with van der Waals surface area (Å²) < 4.78 is 5.20. The number of methoxy groups -OCH3 is 1. The van der Waals surface area contributed by atoms with E-state index in [0.29, 0.717) is 0 Å². The van der Waals surface area contributed by atoms with Crippen LogP contribution in [0.5, 0.6) is 5.75 Å². The van der Waals surface area contributed by atoms with Crippen molar-refractivity contribution in [3.63, 3.8) is 0 Å². The van der Waals surface area contributed by atoms with Gasteiger partial charge < -0.3 is 20.3 Å². The molecule has 6 nitrogen and oxygen atoms in total. The highest BCUT2D eigenvalue weighted by Gasteiger charge is 2.13. The molecule has 0 saturated carbocycles. The molecule has 0 radical (unpaired) electrons. The monoisotopic (exact) mass is 409 g/mol. The smallest absolute Gasteiger partial charge is 0.191 e. The first-order chi connectivity index (χ1) is 14.7. The molecular weight excluding hydrogens is 374 g/mol. The predicted octanol–water partition coefficient (Wildman–Crippen LogP) is 2.35. The van der Waals surface area contributed by atoms with Crippen LogP contribution in [0.3, 0.4) is 0 Å². The van der Waals surface area contributed by atoms with E-state index in [-0.39, 0.29) is 0 Å². The van der Waals surface area contributed by atoms with Crippen LogP contribution < -0.4 is 15.4 Å². The van der Waals surface area contributed by atoms with Gasteiger partial charge in [-0.25, -0.2) is 0 Å². The molecule has 1 heterocycles. The molecule has 0 unspecified atom stereocenters. The van der Waals surface area contributed by atoms with Gasteiger partial charge in [0.15, 0.2) is 5.96 Å². The molecule has 0 amide bonds. The number of guanidine groups is 1. The van der Waals surface area contributed by atoms with Crippen LogP contribution in [-0.2, 0) is 19.5 Å². The topological polar surface area (TPSA) is 52.1 Å². The van der Waals surface area contributed by atoms with Gasteiger partial charge in [-0.3, -0.25) is 9.89 Å². The third-order valence-corrected chi connectivity index (χ3v) is 5.57. The minimum atomic E-state index is 0.761. The Morgan fingerprint density at radius 1 is 0.900 bits per heavy atom. The molecule has 6 heteroatoms. The van der Waals surface area contributed by atoms with Crippen LogP contribution in [0, 0.1) is 0 Å². The van der Waals surface area contributed by atoms with Gasteiger partial charge in [0, 0.05) is 52.9 Å². The SMILES string of the molecule is CN=C(NCCc1ccc(OC)cc1)NCc1ccc(CN2CCN(C)CC2)cc1. The number of aliphatic imine (C=N–C) groups is 1. The third-order valence-electron chi connectivity index (χ3n) is 5.57. The van der Waals surface area contributed by atoms with Crippen LogP contribution in [0.1, 0.15) is 16.7 Å². The van der Waals surface area contributed by atoms with Crippen molar-refractivity contribution in [2.75, 3.05) is 53.9 Å². The molecule has 3 rings (SSSR count). The lowest BCUT2D eigenvalue weighted by Gasteiger charge is -2.32. The molecule has 2 aromatic rings. The zero-order chi connectivity index (χ0) is 21.2. The van der Waals surface area contributed by atoms with Crippen molar-refractivity contribution in [2.45, 2.75) is 19.5 Å². The van der Waals surface area contributed by atoms with Gasteiger partial charge in [-0.05, 0) is 42.3 Å². The average molecular weight is 410 g/mol.